The summed E-state index contributed by atoms with van der Waals surface area (Å²) in [7, 11) is 1.55. The van der Waals surface area contributed by atoms with Gasteiger partial charge in [-0.15, -0.1) is 0 Å². The molecule has 1 aliphatic rings. The van der Waals surface area contributed by atoms with Gasteiger partial charge in [-0.2, -0.15) is 0 Å². The summed E-state index contributed by atoms with van der Waals surface area (Å²) in [5.74, 6) is -0.256. The van der Waals surface area contributed by atoms with E-state index in [1.54, 1.807) is 37.4 Å². The van der Waals surface area contributed by atoms with Crippen molar-refractivity contribution >= 4 is 47.1 Å². The van der Waals surface area contributed by atoms with Crippen molar-refractivity contribution in [1.29, 1.82) is 0 Å². The highest BCUT2D eigenvalue weighted by atomic mass is 35.5. The average Bonchev–Trinajstić information content (AvgIpc) is 3.71. The third-order valence-electron chi connectivity index (χ3n) is 11.7. The molecule has 11 nitrogen and oxygen atoms in total. The SMILES string of the molecule is CCCCCCCCCCCCOC(=O)c1ccc(Cl)c(NC(=O)C(C(=O)c2ccc(OC)cc2)n2cnc3c2NC=NC3OCC(CCCCCC)CCCCCCCC)c1. The number of fused-ring (bicyclic) bond motifs is 1. The molecule has 0 aliphatic carbocycles. The van der Waals surface area contributed by atoms with Crippen LogP contribution >= 0.6 is 11.6 Å². The number of aromatic nitrogens is 2. The predicted molar refractivity (Wildman–Crippen MR) is 252 cm³/mol. The number of unbranched alkanes of at least 4 members (excludes halogenated alkanes) is 17. The second-order valence-corrected chi connectivity index (χ2v) is 17.2. The van der Waals surface area contributed by atoms with Crippen molar-refractivity contribution in [2.45, 2.75) is 174 Å². The van der Waals surface area contributed by atoms with Crippen LogP contribution in [0.3, 0.4) is 0 Å². The normalized spacial score (nSPS) is 14.2. The molecule has 3 unspecified atom stereocenters. The van der Waals surface area contributed by atoms with Crippen molar-refractivity contribution in [2.24, 2.45) is 10.9 Å². The van der Waals surface area contributed by atoms with Crippen LogP contribution < -0.4 is 15.4 Å². The molecule has 4 rings (SSSR count). The molecule has 2 N–H and O–H groups in total. The highest BCUT2D eigenvalue weighted by Gasteiger charge is 2.35. The molecule has 0 saturated heterocycles. The Bertz CT molecular complexity index is 1800. The van der Waals surface area contributed by atoms with Gasteiger partial charge in [0.05, 0.1) is 49.3 Å². The van der Waals surface area contributed by atoms with Gasteiger partial charge < -0.3 is 24.8 Å². The fraction of sp³-hybridized carbons (Fsp3) is 0.620. The highest BCUT2D eigenvalue weighted by molar-refractivity contribution is 6.34. The third-order valence-corrected chi connectivity index (χ3v) is 12.1. The van der Waals surface area contributed by atoms with E-state index in [1.807, 2.05) is 0 Å². The fourth-order valence-corrected chi connectivity index (χ4v) is 8.11. The number of benzene rings is 2. The van der Waals surface area contributed by atoms with Gasteiger partial charge in [-0.1, -0.05) is 154 Å². The molecule has 2 heterocycles. The van der Waals surface area contributed by atoms with Gasteiger partial charge in [-0.25, -0.2) is 14.8 Å². The van der Waals surface area contributed by atoms with Crippen molar-refractivity contribution in [3.63, 3.8) is 0 Å². The molecule has 1 amide bonds. The Labute approximate surface area is 376 Å². The number of carbonyl (C=O) groups excluding carboxylic acids is 3. The monoisotopic (exact) mass is 876 g/mol. The summed E-state index contributed by atoms with van der Waals surface area (Å²) >= 11 is 6.60. The number of ketones is 1. The van der Waals surface area contributed by atoms with E-state index < -0.39 is 29.9 Å². The van der Waals surface area contributed by atoms with Gasteiger partial charge in [0.15, 0.2) is 18.1 Å². The minimum absolute atomic E-state index is 0.178. The second-order valence-electron chi connectivity index (χ2n) is 16.8. The molecule has 62 heavy (non-hydrogen) atoms. The molecule has 0 fully saturated rings. The molecule has 2 aromatic carbocycles. The molecular formula is C50H74ClN5O6. The summed E-state index contributed by atoms with van der Waals surface area (Å²) in [5, 5.41) is 6.17. The summed E-state index contributed by atoms with van der Waals surface area (Å²) in [4.78, 5) is 51.1. The topological polar surface area (TPSA) is 133 Å². The summed E-state index contributed by atoms with van der Waals surface area (Å²) in [6.07, 6.45) is 28.6. The average molecular weight is 877 g/mol. The summed E-state index contributed by atoms with van der Waals surface area (Å²) in [6, 6.07) is 9.76. The molecule has 12 heteroatoms. The van der Waals surface area contributed by atoms with Crippen LogP contribution in [0.25, 0.3) is 0 Å². The van der Waals surface area contributed by atoms with Crippen LogP contribution in [-0.4, -0.2) is 53.9 Å². The lowest BCUT2D eigenvalue weighted by molar-refractivity contribution is -0.118. The van der Waals surface area contributed by atoms with Crippen LogP contribution in [0.4, 0.5) is 11.5 Å². The van der Waals surface area contributed by atoms with Crippen molar-refractivity contribution in [3.05, 3.63) is 70.6 Å². The van der Waals surface area contributed by atoms with Gasteiger partial charge in [-0.3, -0.25) is 14.2 Å². The molecule has 0 saturated carbocycles. The van der Waals surface area contributed by atoms with Gasteiger partial charge in [0.25, 0.3) is 5.91 Å². The van der Waals surface area contributed by atoms with Crippen LogP contribution in [-0.2, 0) is 14.3 Å². The van der Waals surface area contributed by atoms with E-state index in [0.717, 1.165) is 32.1 Å². The molecule has 1 aliphatic heterocycles. The van der Waals surface area contributed by atoms with Gasteiger partial charge in [0, 0.05) is 5.56 Å². The zero-order chi connectivity index (χ0) is 44.4. The van der Waals surface area contributed by atoms with E-state index in [4.69, 9.17) is 25.8 Å². The van der Waals surface area contributed by atoms with Crippen LogP contribution in [0.15, 0.2) is 53.8 Å². The van der Waals surface area contributed by atoms with Crippen LogP contribution in [0.2, 0.25) is 5.02 Å². The number of hydrogen-bond acceptors (Lipinski definition) is 9. The second kappa shape index (κ2) is 29.2. The standard InChI is InChI=1S/C50H74ClN5O6/c1-5-8-11-14-16-17-18-19-21-24-33-61-50(59)40-29-32-42(51)43(34-40)55-48(58)45(46(57)39-27-30-41(60-4)31-28-39)56-37-54-44-47(56)52-36-53-49(44)62-35-38(25-22-13-10-7-3)26-23-20-15-12-9-6-2/h27-32,34,36-38,45,49H,5-26,33,35H2,1-4H3,(H,52,53)(H,55,58). The molecule has 3 atom stereocenters. The van der Waals surface area contributed by atoms with Gasteiger partial charge in [-0.05, 0) is 67.6 Å². The number of anilines is 2. The number of aliphatic imine (C=N–C) groups is 1. The first-order valence-corrected chi connectivity index (χ1v) is 24.1. The van der Waals surface area contributed by atoms with Crippen molar-refractivity contribution in [3.8, 4) is 5.75 Å². The number of esters is 1. The Hall–Kier alpha value is -4.22. The van der Waals surface area contributed by atoms with Gasteiger partial charge >= 0.3 is 5.97 Å². The molecule has 0 bridgehead atoms. The Morgan fingerprint density at radius 1 is 0.758 bits per heavy atom. The first-order valence-electron chi connectivity index (χ1n) is 23.7. The molecule has 0 radical (unpaired) electrons. The fourth-order valence-electron chi connectivity index (χ4n) is 7.94. The van der Waals surface area contributed by atoms with Crippen molar-refractivity contribution in [2.75, 3.05) is 31.0 Å². The summed E-state index contributed by atoms with van der Waals surface area (Å²) < 4.78 is 18.9. The van der Waals surface area contributed by atoms with E-state index in [1.165, 1.54) is 139 Å². The summed E-state index contributed by atoms with van der Waals surface area (Å²) in [6.45, 7) is 7.56. The van der Waals surface area contributed by atoms with Gasteiger partial charge in [0.2, 0.25) is 0 Å². The Kier molecular flexibility index (Phi) is 23.8. The predicted octanol–water partition coefficient (Wildman–Crippen LogP) is 13.5. The number of ether oxygens (including phenoxy) is 3. The number of carbonyl (C=O) groups is 3. The summed E-state index contributed by atoms with van der Waals surface area (Å²) in [5.41, 5.74) is 1.20. The number of amides is 1. The number of hydrogen-bond donors (Lipinski definition) is 2. The first-order chi connectivity index (χ1) is 30.3. The first kappa shape index (κ1) is 50.4. The largest absolute Gasteiger partial charge is 0.497 e. The number of nitrogens with zero attached hydrogens (tertiary/aromatic N) is 3. The number of nitrogens with one attached hydrogen (secondary N) is 2. The Morgan fingerprint density at radius 3 is 1.94 bits per heavy atom. The lowest BCUT2D eigenvalue weighted by atomic mass is 9.95. The molecule has 342 valence electrons. The van der Waals surface area contributed by atoms with Gasteiger partial charge in [0.1, 0.15) is 17.3 Å². The number of methoxy groups -OCH3 is 1. The van der Waals surface area contributed by atoms with E-state index in [-0.39, 0.29) is 16.3 Å². The van der Waals surface area contributed by atoms with E-state index in [2.05, 4.69) is 41.4 Å². The molecule has 3 aromatic rings. The number of halogens is 1. The number of imidazole rings is 1. The lowest BCUT2D eigenvalue weighted by Gasteiger charge is -2.24. The Balaban J connectivity index is 1.46. The third kappa shape index (κ3) is 16.8. The highest BCUT2D eigenvalue weighted by Crippen LogP contribution is 2.34. The Morgan fingerprint density at radius 2 is 1.32 bits per heavy atom. The minimum atomic E-state index is -1.42. The maximum Gasteiger partial charge on any atom is 0.338 e. The van der Waals surface area contributed by atoms with Crippen LogP contribution in [0.5, 0.6) is 5.75 Å². The maximum atomic E-state index is 14.4. The number of Topliss-reactive ketones (excluding diaryl/α,β-unsaturated/α-hetero) is 1. The maximum absolute atomic E-state index is 14.4. The minimum Gasteiger partial charge on any atom is -0.497 e. The zero-order valence-corrected chi connectivity index (χ0v) is 38.8. The zero-order valence-electron chi connectivity index (χ0n) is 38.1. The lowest BCUT2D eigenvalue weighted by Crippen LogP contribution is -2.33. The van der Waals surface area contributed by atoms with Crippen LogP contribution in [0, 0.1) is 5.92 Å². The van der Waals surface area contributed by atoms with E-state index in [0.29, 0.717) is 42.0 Å². The molecule has 0 spiro atoms. The molecule has 1 aromatic heterocycles. The van der Waals surface area contributed by atoms with Crippen molar-refractivity contribution < 1.29 is 28.6 Å². The quantitative estimate of drug-likeness (QED) is 0.0267. The van der Waals surface area contributed by atoms with E-state index in [9.17, 15) is 14.4 Å². The van der Waals surface area contributed by atoms with Crippen molar-refractivity contribution in [1.82, 2.24) is 9.55 Å². The van der Waals surface area contributed by atoms with E-state index >= 15 is 0 Å². The smallest absolute Gasteiger partial charge is 0.338 e. The molecular weight excluding hydrogens is 802 g/mol. The number of rotatable bonds is 33. The van der Waals surface area contributed by atoms with Crippen LogP contribution in [0.1, 0.15) is 201 Å².